The lowest BCUT2D eigenvalue weighted by molar-refractivity contribution is -0.124. The van der Waals surface area contributed by atoms with E-state index in [0.717, 1.165) is 0 Å². The van der Waals surface area contributed by atoms with Gasteiger partial charge in [-0.3, -0.25) is 4.79 Å². The van der Waals surface area contributed by atoms with E-state index in [-0.39, 0.29) is 28.8 Å². The first-order valence-corrected chi connectivity index (χ1v) is 5.94. The molecule has 0 spiro atoms. The molecule has 104 valence electrons. The minimum Gasteiger partial charge on any atom is -0.496 e. The number of esters is 1. The minimum absolute atomic E-state index is 0.117. The van der Waals surface area contributed by atoms with Gasteiger partial charge >= 0.3 is 5.97 Å². The number of methoxy groups -OCH3 is 1. The number of hydrogen-bond donors (Lipinski definition) is 2. The molecule has 0 aromatic heterocycles. The van der Waals surface area contributed by atoms with Crippen LogP contribution >= 0.6 is 11.6 Å². The smallest absolute Gasteiger partial charge is 0.342 e. The molecule has 0 aliphatic rings. The summed E-state index contributed by atoms with van der Waals surface area (Å²) in [5, 5.41) is 2.72. The third kappa shape index (κ3) is 4.03. The van der Waals surface area contributed by atoms with Crippen molar-refractivity contribution in [3.63, 3.8) is 0 Å². The molecule has 0 bridgehead atoms. The van der Waals surface area contributed by atoms with Crippen LogP contribution in [0, 0.1) is 0 Å². The Bertz CT molecular complexity index is 491. The molecule has 1 rings (SSSR count). The molecule has 1 aromatic rings. The number of nitrogen functional groups attached to an aromatic ring is 1. The van der Waals surface area contributed by atoms with E-state index in [1.54, 1.807) is 6.92 Å². The fourth-order valence-electron chi connectivity index (χ4n) is 1.35. The fourth-order valence-corrected chi connectivity index (χ4v) is 1.52. The van der Waals surface area contributed by atoms with E-state index in [0.29, 0.717) is 12.2 Å². The van der Waals surface area contributed by atoms with Crippen molar-refractivity contribution in [2.75, 3.05) is 26.0 Å². The largest absolute Gasteiger partial charge is 0.496 e. The molecule has 0 unspecified atom stereocenters. The van der Waals surface area contributed by atoms with Gasteiger partial charge < -0.3 is 20.5 Å². The first-order valence-electron chi connectivity index (χ1n) is 5.56. The van der Waals surface area contributed by atoms with Crippen LogP contribution in [0.4, 0.5) is 5.69 Å². The van der Waals surface area contributed by atoms with E-state index in [2.05, 4.69) is 5.32 Å². The predicted octanol–water partition coefficient (Wildman–Crippen LogP) is 1.22. The molecule has 0 heterocycles. The molecule has 7 heteroatoms. The number of rotatable bonds is 5. The first-order chi connectivity index (χ1) is 8.99. The van der Waals surface area contributed by atoms with Gasteiger partial charge in [-0.2, -0.15) is 0 Å². The molecule has 0 fully saturated rings. The number of carbonyl (C=O) groups excluding carboxylic acids is 2. The van der Waals surface area contributed by atoms with Crippen molar-refractivity contribution in [2.45, 2.75) is 6.92 Å². The molecule has 3 N–H and O–H groups in total. The number of benzene rings is 1. The zero-order chi connectivity index (χ0) is 14.4. The van der Waals surface area contributed by atoms with Gasteiger partial charge in [0.05, 0.1) is 17.8 Å². The number of halogens is 1. The maximum atomic E-state index is 11.8. The lowest BCUT2D eigenvalue weighted by Gasteiger charge is -2.10. The third-order valence-corrected chi connectivity index (χ3v) is 2.57. The summed E-state index contributed by atoms with van der Waals surface area (Å²) in [5.74, 6) is -0.843. The Morgan fingerprint density at radius 2 is 2.11 bits per heavy atom. The Hall–Kier alpha value is -1.95. The van der Waals surface area contributed by atoms with Gasteiger partial charge in [-0.15, -0.1) is 0 Å². The van der Waals surface area contributed by atoms with Gasteiger partial charge in [-0.05, 0) is 13.0 Å². The van der Waals surface area contributed by atoms with Crippen molar-refractivity contribution < 1.29 is 19.1 Å². The normalized spacial score (nSPS) is 9.84. The summed E-state index contributed by atoms with van der Waals surface area (Å²) in [5.41, 5.74) is 6.01. The van der Waals surface area contributed by atoms with Crippen LogP contribution in [-0.2, 0) is 9.53 Å². The summed E-state index contributed by atoms with van der Waals surface area (Å²) < 4.78 is 9.87. The summed E-state index contributed by atoms with van der Waals surface area (Å²) in [6.45, 7) is 1.87. The lowest BCUT2D eigenvalue weighted by Crippen LogP contribution is -2.28. The van der Waals surface area contributed by atoms with Crippen LogP contribution < -0.4 is 15.8 Å². The average molecular weight is 287 g/mol. The Morgan fingerprint density at radius 3 is 2.68 bits per heavy atom. The van der Waals surface area contributed by atoms with Crippen LogP contribution in [0.15, 0.2) is 12.1 Å². The highest BCUT2D eigenvalue weighted by molar-refractivity contribution is 6.33. The van der Waals surface area contributed by atoms with Crippen LogP contribution in [0.1, 0.15) is 17.3 Å². The number of likely N-dealkylation sites (N-methyl/N-ethyl adjacent to an activating group) is 1. The Balaban J connectivity index is 2.82. The van der Waals surface area contributed by atoms with Gasteiger partial charge in [0.1, 0.15) is 11.3 Å². The predicted molar refractivity (Wildman–Crippen MR) is 71.4 cm³/mol. The zero-order valence-electron chi connectivity index (χ0n) is 10.7. The molecule has 0 aliphatic carbocycles. The standard InChI is InChI=1S/C12H15ClN2O4/c1-3-15-11(16)6-19-12(17)7-4-8(13)9(14)5-10(7)18-2/h4-5H,3,6,14H2,1-2H3,(H,15,16). The maximum absolute atomic E-state index is 11.8. The summed E-state index contributed by atoms with van der Waals surface area (Å²) in [4.78, 5) is 23.0. The number of nitrogens with one attached hydrogen (secondary N) is 1. The molecular formula is C12H15ClN2O4. The highest BCUT2D eigenvalue weighted by Gasteiger charge is 2.17. The quantitative estimate of drug-likeness (QED) is 0.627. The molecule has 0 atom stereocenters. The summed E-state index contributed by atoms with van der Waals surface area (Å²) in [6, 6.07) is 2.76. The van der Waals surface area contributed by atoms with Crippen molar-refractivity contribution in [3.05, 3.63) is 22.7 Å². The van der Waals surface area contributed by atoms with Gasteiger partial charge in [0, 0.05) is 12.6 Å². The van der Waals surface area contributed by atoms with Crippen molar-refractivity contribution in [1.82, 2.24) is 5.32 Å². The average Bonchev–Trinajstić information content (AvgIpc) is 2.39. The first kappa shape index (κ1) is 15.1. The summed E-state index contributed by atoms with van der Waals surface area (Å²) in [6.07, 6.45) is 0. The third-order valence-electron chi connectivity index (χ3n) is 2.25. The monoisotopic (exact) mass is 286 g/mol. The number of hydrogen-bond acceptors (Lipinski definition) is 5. The highest BCUT2D eigenvalue weighted by Crippen LogP contribution is 2.29. The molecule has 6 nitrogen and oxygen atoms in total. The molecule has 19 heavy (non-hydrogen) atoms. The molecular weight excluding hydrogens is 272 g/mol. The Labute approximate surface area is 115 Å². The van der Waals surface area contributed by atoms with Gasteiger partial charge in [0.2, 0.25) is 0 Å². The van der Waals surface area contributed by atoms with Gasteiger partial charge in [-0.1, -0.05) is 11.6 Å². The van der Waals surface area contributed by atoms with Crippen molar-refractivity contribution in [1.29, 1.82) is 0 Å². The van der Waals surface area contributed by atoms with E-state index in [1.165, 1.54) is 19.2 Å². The van der Waals surface area contributed by atoms with E-state index in [4.69, 9.17) is 26.8 Å². The topological polar surface area (TPSA) is 90.7 Å². The number of nitrogens with two attached hydrogens (primary N) is 1. The van der Waals surface area contributed by atoms with Gasteiger partial charge in [0.15, 0.2) is 6.61 Å². The van der Waals surface area contributed by atoms with Crippen LogP contribution in [0.5, 0.6) is 5.75 Å². The molecule has 1 amide bonds. The SMILES string of the molecule is CCNC(=O)COC(=O)c1cc(Cl)c(N)cc1OC. The van der Waals surface area contributed by atoms with Crippen LogP contribution in [-0.4, -0.2) is 32.1 Å². The van der Waals surface area contributed by atoms with Gasteiger partial charge in [-0.25, -0.2) is 4.79 Å². The summed E-state index contributed by atoms with van der Waals surface area (Å²) in [7, 11) is 1.39. The number of carbonyl (C=O) groups is 2. The van der Waals surface area contributed by atoms with Crippen LogP contribution in [0.3, 0.4) is 0 Å². The second-order valence-corrected chi connectivity index (χ2v) is 4.01. The Morgan fingerprint density at radius 1 is 1.42 bits per heavy atom. The molecule has 0 saturated carbocycles. The maximum Gasteiger partial charge on any atom is 0.342 e. The second kappa shape index (κ2) is 6.84. The van der Waals surface area contributed by atoms with Crippen molar-refractivity contribution >= 4 is 29.2 Å². The number of amides is 1. The van der Waals surface area contributed by atoms with Crippen molar-refractivity contribution in [3.8, 4) is 5.75 Å². The lowest BCUT2D eigenvalue weighted by atomic mass is 10.2. The second-order valence-electron chi connectivity index (χ2n) is 3.60. The van der Waals surface area contributed by atoms with Crippen LogP contribution in [0.2, 0.25) is 5.02 Å². The zero-order valence-corrected chi connectivity index (χ0v) is 11.4. The molecule has 1 aromatic carbocycles. The fraction of sp³-hybridized carbons (Fsp3) is 0.333. The van der Waals surface area contributed by atoms with E-state index >= 15 is 0 Å². The van der Waals surface area contributed by atoms with E-state index in [9.17, 15) is 9.59 Å². The number of ether oxygens (including phenoxy) is 2. The van der Waals surface area contributed by atoms with E-state index in [1.807, 2.05) is 0 Å². The Kier molecular flexibility index (Phi) is 5.44. The molecule has 0 saturated heterocycles. The van der Waals surface area contributed by atoms with Crippen molar-refractivity contribution in [2.24, 2.45) is 0 Å². The molecule has 0 aliphatic heterocycles. The number of anilines is 1. The molecule has 0 radical (unpaired) electrons. The van der Waals surface area contributed by atoms with E-state index < -0.39 is 5.97 Å². The highest BCUT2D eigenvalue weighted by atomic mass is 35.5. The van der Waals surface area contributed by atoms with Crippen LogP contribution in [0.25, 0.3) is 0 Å². The van der Waals surface area contributed by atoms with Gasteiger partial charge in [0.25, 0.3) is 5.91 Å². The minimum atomic E-state index is -0.704. The summed E-state index contributed by atoms with van der Waals surface area (Å²) >= 11 is 5.83.